The Morgan fingerprint density at radius 1 is 1.32 bits per heavy atom. The van der Waals surface area contributed by atoms with Crippen LogP contribution in [0.25, 0.3) is 0 Å². The number of aryl methyl sites for hydroxylation is 2. The molecule has 0 aliphatic heterocycles. The third-order valence-electron chi connectivity index (χ3n) is 2.41. The van der Waals surface area contributed by atoms with Gasteiger partial charge in [0.2, 0.25) is 0 Å². The molecule has 0 saturated heterocycles. The number of rotatable bonds is 5. The van der Waals surface area contributed by atoms with Gasteiger partial charge in [-0.2, -0.15) is 0 Å². The highest BCUT2D eigenvalue weighted by Crippen LogP contribution is 2.28. The molecule has 0 atom stereocenters. The van der Waals surface area contributed by atoms with E-state index in [1.165, 1.54) is 22.7 Å². The Bertz CT molecular complexity index is 673. The van der Waals surface area contributed by atoms with E-state index in [0.717, 1.165) is 14.6 Å². The Kier molecular flexibility index (Phi) is 4.24. The largest absolute Gasteiger partial charge is 0.315 e. The number of nitrogens with zero attached hydrogens (tertiary/aromatic N) is 1. The third kappa shape index (κ3) is 3.33. The number of nitrogens with one attached hydrogen (secondary N) is 2. The second kappa shape index (κ2) is 5.58. The molecule has 0 saturated carbocycles. The highest BCUT2D eigenvalue weighted by Gasteiger charge is 2.21. The summed E-state index contributed by atoms with van der Waals surface area (Å²) in [4.78, 5) is 7.10. The van der Waals surface area contributed by atoms with Gasteiger partial charge in [-0.05, 0) is 27.0 Å². The van der Waals surface area contributed by atoms with Gasteiger partial charge in [0.1, 0.15) is 4.90 Å². The standard InChI is InChI=1S/C11H15N3O2S3/c1-7-5-13-11(17-7)14-19(15,16)10-4-9(6-12-3)18-8(10)2/h4-5,12H,6H2,1-3H3,(H,13,14). The molecule has 0 aliphatic rings. The van der Waals surface area contributed by atoms with Crippen molar-refractivity contribution in [2.45, 2.75) is 25.3 Å². The number of anilines is 1. The van der Waals surface area contributed by atoms with Crippen molar-refractivity contribution in [2.75, 3.05) is 11.8 Å². The minimum absolute atomic E-state index is 0.329. The normalized spacial score (nSPS) is 11.7. The fourth-order valence-corrected chi connectivity index (χ4v) is 5.18. The van der Waals surface area contributed by atoms with Crippen LogP contribution in [0.3, 0.4) is 0 Å². The molecule has 0 spiro atoms. The van der Waals surface area contributed by atoms with Crippen LogP contribution >= 0.6 is 22.7 Å². The molecular formula is C11H15N3O2S3. The Hall–Kier alpha value is -0.960. The summed E-state index contributed by atoms with van der Waals surface area (Å²) in [7, 11) is -1.71. The molecule has 0 aliphatic carbocycles. The SMILES string of the molecule is CNCc1cc(S(=O)(=O)Nc2ncc(C)s2)c(C)s1. The zero-order chi connectivity index (χ0) is 14.0. The van der Waals surface area contributed by atoms with E-state index in [9.17, 15) is 8.42 Å². The van der Waals surface area contributed by atoms with E-state index in [2.05, 4.69) is 15.0 Å². The lowest BCUT2D eigenvalue weighted by Crippen LogP contribution is -2.13. The zero-order valence-corrected chi connectivity index (χ0v) is 13.3. The molecule has 2 rings (SSSR count). The Morgan fingerprint density at radius 3 is 2.63 bits per heavy atom. The second-order valence-corrected chi connectivity index (χ2v) is 8.27. The maximum atomic E-state index is 12.3. The van der Waals surface area contributed by atoms with Crippen LogP contribution < -0.4 is 10.0 Å². The van der Waals surface area contributed by atoms with Crippen LogP contribution in [0.15, 0.2) is 17.2 Å². The average Bonchev–Trinajstić information content (AvgIpc) is 2.86. The van der Waals surface area contributed by atoms with Crippen molar-refractivity contribution in [3.05, 3.63) is 26.9 Å². The zero-order valence-electron chi connectivity index (χ0n) is 10.9. The van der Waals surface area contributed by atoms with Gasteiger partial charge in [0.05, 0.1) is 0 Å². The Labute approximate surface area is 120 Å². The molecule has 0 amide bonds. The molecule has 2 aromatic rings. The average molecular weight is 317 g/mol. The molecule has 0 unspecified atom stereocenters. The second-order valence-electron chi connectivity index (χ2n) is 4.05. The van der Waals surface area contributed by atoms with Gasteiger partial charge in [-0.1, -0.05) is 0 Å². The molecule has 0 aromatic carbocycles. The van der Waals surface area contributed by atoms with Crippen LogP contribution in [-0.2, 0) is 16.6 Å². The topological polar surface area (TPSA) is 71.1 Å². The monoisotopic (exact) mass is 317 g/mol. The Balaban J connectivity index is 2.28. The van der Waals surface area contributed by atoms with Crippen LogP contribution in [0, 0.1) is 13.8 Å². The molecule has 5 nitrogen and oxygen atoms in total. The smallest absolute Gasteiger partial charge is 0.264 e. The predicted octanol–water partition coefficient (Wildman–Crippen LogP) is 2.34. The van der Waals surface area contributed by atoms with Crippen LogP contribution in [0.4, 0.5) is 5.13 Å². The van der Waals surface area contributed by atoms with E-state index in [0.29, 0.717) is 16.6 Å². The first-order chi connectivity index (χ1) is 8.92. The molecule has 0 bridgehead atoms. The van der Waals surface area contributed by atoms with Gasteiger partial charge in [-0.15, -0.1) is 22.7 Å². The van der Waals surface area contributed by atoms with Crippen molar-refractivity contribution >= 4 is 37.8 Å². The van der Waals surface area contributed by atoms with E-state index in [-0.39, 0.29) is 0 Å². The van der Waals surface area contributed by atoms with E-state index in [1.54, 1.807) is 12.3 Å². The van der Waals surface area contributed by atoms with Gasteiger partial charge < -0.3 is 5.32 Å². The summed E-state index contributed by atoms with van der Waals surface area (Å²) in [5.41, 5.74) is 0. The molecule has 2 aromatic heterocycles. The molecule has 0 radical (unpaired) electrons. The van der Waals surface area contributed by atoms with Crippen LogP contribution in [0.5, 0.6) is 0 Å². The quantitative estimate of drug-likeness (QED) is 0.888. The van der Waals surface area contributed by atoms with E-state index in [1.807, 2.05) is 20.9 Å². The lowest BCUT2D eigenvalue weighted by atomic mass is 10.4. The van der Waals surface area contributed by atoms with Crippen molar-refractivity contribution in [2.24, 2.45) is 0 Å². The molecule has 2 heterocycles. The number of thiazole rings is 1. The van der Waals surface area contributed by atoms with Gasteiger partial charge in [0.15, 0.2) is 5.13 Å². The van der Waals surface area contributed by atoms with Gasteiger partial charge in [0.25, 0.3) is 10.0 Å². The minimum Gasteiger partial charge on any atom is -0.315 e. The molecule has 2 N–H and O–H groups in total. The number of sulfonamides is 1. The lowest BCUT2D eigenvalue weighted by molar-refractivity contribution is 0.601. The first-order valence-electron chi connectivity index (χ1n) is 5.61. The van der Waals surface area contributed by atoms with Crippen LogP contribution in [0.2, 0.25) is 0 Å². The summed E-state index contributed by atoms with van der Waals surface area (Å²) in [6.45, 7) is 4.36. The highest BCUT2D eigenvalue weighted by molar-refractivity contribution is 7.93. The minimum atomic E-state index is -3.55. The van der Waals surface area contributed by atoms with Gasteiger partial charge in [-0.25, -0.2) is 13.4 Å². The van der Waals surface area contributed by atoms with Crippen molar-refractivity contribution < 1.29 is 8.42 Å². The fourth-order valence-electron chi connectivity index (χ4n) is 1.62. The highest BCUT2D eigenvalue weighted by atomic mass is 32.2. The summed E-state index contributed by atoms with van der Waals surface area (Å²) in [5, 5.41) is 3.42. The van der Waals surface area contributed by atoms with E-state index < -0.39 is 10.0 Å². The number of thiophene rings is 1. The third-order valence-corrected chi connectivity index (χ3v) is 6.01. The summed E-state index contributed by atoms with van der Waals surface area (Å²) in [6, 6.07) is 1.71. The number of hydrogen-bond acceptors (Lipinski definition) is 6. The summed E-state index contributed by atoms with van der Waals surface area (Å²) < 4.78 is 27.1. The van der Waals surface area contributed by atoms with Crippen molar-refractivity contribution in [3.8, 4) is 0 Å². The van der Waals surface area contributed by atoms with Gasteiger partial charge in [0, 0.05) is 27.4 Å². The number of hydrogen-bond donors (Lipinski definition) is 2. The molecule has 0 fully saturated rings. The van der Waals surface area contributed by atoms with E-state index in [4.69, 9.17) is 0 Å². The van der Waals surface area contributed by atoms with Crippen LogP contribution in [-0.4, -0.2) is 20.4 Å². The maximum Gasteiger partial charge on any atom is 0.264 e. The predicted molar refractivity (Wildman–Crippen MR) is 79.5 cm³/mol. The Morgan fingerprint density at radius 2 is 2.05 bits per heavy atom. The van der Waals surface area contributed by atoms with Gasteiger partial charge >= 0.3 is 0 Å². The first kappa shape index (κ1) is 14.4. The number of aromatic nitrogens is 1. The molecule has 19 heavy (non-hydrogen) atoms. The van der Waals surface area contributed by atoms with Crippen LogP contribution in [0.1, 0.15) is 14.6 Å². The lowest BCUT2D eigenvalue weighted by Gasteiger charge is -2.03. The molecule has 104 valence electrons. The van der Waals surface area contributed by atoms with E-state index >= 15 is 0 Å². The van der Waals surface area contributed by atoms with Gasteiger partial charge in [-0.3, -0.25) is 4.72 Å². The first-order valence-corrected chi connectivity index (χ1v) is 8.73. The van der Waals surface area contributed by atoms with Crippen molar-refractivity contribution in [3.63, 3.8) is 0 Å². The van der Waals surface area contributed by atoms with Crippen molar-refractivity contribution in [1.29, 1.82) is 0 Å². The molecule has 8 heteroatoms. The van der Waals surface area contributed by atoms with Crippen molar-refractivity contribution in [1.82, 2.24) is 10.3 Å². The fraction of sp³-hybridized carbons (Fsp3) is 0.364. The molecular weight excluding hydrogens is 302 g/mol. The summed E-state index contributed by atoms with van der Waals surface area (Å²) >= 11 is 2.80. The summed E-state index contributed by atoms with van der Waals surface area (Å²) in [5.74, 6) is 0. The maximum absolute atomic E-state index is 12.3. The summed E-state index contributed by atoms with van der Waals surface area (Å²) in [6.07, 6.45) is 1.65.